The molecule has 0 spiro atoms. The van der Waals surface area contributed by atoms with Gasteiger partial charge in [0, 0.05) is 19.0 Å². The lowest BCUT2D eigenvalue weighted by atomic mass is 9.96. The molecule has 0 aromatic rings. The standard InChI is InChI=1S/C12H26N2O2.ClH/c1-4-10(5-2)11(15)8-14-12(16)7-6-9(3)13;/h9-11,15H,4-8,13H2,1-3H3,(H,14,16);1H. The van der Waals surface area contributed by atoms with Crippen molar-refractivity contribution in [2.75, 3.05) is 6.54 Å². The highest BCUT2D eigenvalue weighted by Gasteiger charge is 2.16. The first-order chi connectivity index (χ1) is 7.51. The van der Waals surface area contributed by atoms with Gasteiger partial charge in [0.2, 0.25) is 5.91 Å². The predicted octanol–water partition coefficient (Wildman–Crippen LogP) is 1.45. The van der Waals surface area contributed by atoms with E-state index in [1.165, 1.54) is 0 Å². The van der Waals surface area contributed by atoms with Crippen LogP contribution in [0.1, 0.15) is 46.5 Å². The Morgan fingerprint density at radius 1 is 1.35 bits per heavy atom. The number of rotatable bonds is 8. The molecule has 104 valence electrons. The molecule has 0 saturated heterocycles. The SMILES string of the molecule is CCC(CC)C(O)CNC(=O)CCC(C)N.Cl. The Morgan fingerprint density at radius 2 is 1.88 bits per heavy atom. The Morgan fingerprint density at radius 3 is 2.29 bits per heavy atom. The minimum absolute atomic E-state index is 0. The Balaban J connectivity index is 0. The first-order valence-electron chi connectivity index (χ1n) is 6.21. The van der Waals surface area contributed by atoms with Crippen LogP contribution in [-0.4, -0.2) is 29.7 Å². The summed E-state index contributed by atoms with van der Waals surface area (Å²) in [6.45, 7) is 6.33. The lowest BCUT2D eigenvalue weighted by Gasteiger charge is -2.20. The van der Waals surface area contributed by atoms with Gasteiger partial charge in [0.05, 0.1) is 6.10 Å². The van der Waals surface area contributed by atoms with Crippen LogP contribution in [0.15, 0.2) is 0 Å². The van der Waals surface area contributed by atoms with Crippen LogP contribution >= 0.6 is 12.4 Å². The minimum Gasteiger partial charge on any atom is -0.391 e. The molecule has 5 heteroatoms. The molecule has 0 saturated carbocycles. The molecule has 0 rings (SSSR count). The van der Waals surface area contributed by atoms with Crippen molar-refractivity contribution in [2.24, 2.45) is 11.7 Å². The van der Waals surface area contributed by atoms with Gasteiger partial charge in [-0.25, -0.2) is 0 Å². The molecule has 0 aromatic carbocycles. The number of nitrogens with one attached hydrogen (secondary N) is 1. The first-order valence-corrected chi connectivity index (χ1v) is 6.21. The summed E-state index contributed by atoms with van der Waals surface area (Å²) in [5.41, 5.74) is 5.56. The average molecular weight is 267 g/mol. The molecule has 4 nitrogen and oxygen atoms in total. The molecule has 0 aromatic heterocycles. The number of carbonyl (C=O) groups excluding carboxylic acids is 1. The number of halogens is 1. The topological polar surface area (TPSA) is 75.3 Å². The van der Waals surface area contributed by atoms with Gasteiger partial charge >= 0.3 is 0 Å². The smallest absolute Gasteiger partial charge is 0.220 e. The van der Waals surface area contributed by atoms with Gasteiger partial charge < -0.3 is 16.2 Å². The minimum atomic E-state index is -0.436. The van der Waals surface area contributed by atoms with E-state index in [4.69, 9.17) is 5.73 Å². The molecule has 0 fully saturated rings. The van der Waals surface area contributed by atoms with Crippen molar-refractivity contribution in [1.82, 2.24) is 5.32 Å². The molecular formula is C12H27ClN2O2. The highest BCUT2D eigenvalue weighted by Crippen LogP contribution is 2.12. The number of carbonyl (C=O) groups is 1. The fraction of sp³-hybridized carbons (Fsp3) is 0.917. The second-order valence-corrected chi connectivity index (χ2v) is 4.46. The van der Waals surface area contributed by atoms with Crippen LogP contribution in [-0.2, 0) is 4.79 Å². The van der Waals surface area contributed by atoms with E-state index >= 15 is 0 Å². The van der Waals surface area contributed by atoms with Crippen molar-refractivity contribution in [3.63, 3.8) is 0 Å². The van der Waals surface area contributed by atoms with Crippen LogP contribution < -0.4 is 11.1 Å². The lowest BCUT2D eigenvalue weighted by molar-refractivity contribution is -0.121. The van der Waals surface area contributed by atoms with Crippen LogP contribution in [0.3, 0.4) is 0 Å². The zero-order valence-corrected chi connectivity index (χ0v) is 11.9. The zero-order chi connectivity index (χ0) is 12.6. The fourth-order valence-corrected chi connectivity index (χ4v) is 1.67. The molecule has 2 atom stereocenters. The number of hydrogen-bond acceptors (Lipinski definition) is 3. The summed E-state index contributed by atoms with van der Waals surface area (Å²) >= 11 is 0. The molecule has 0 bridgehead atoms. The maximum atomic E-state index is 11.4. The van der Waals surface area contributed by atoms with Crippen molar-refractivity contribution in [3.05, 3.63) is 0 Å². The number of hydrogen-bond donors (Lipinski definition) is 3. The van der Waals surface area contributed by atoms with Crippen LogP contribution in [0.4, 0.5) is 0 Å². The summed E-state index contributed by atoms with van der Waals surface area (Å²) in [6, 6.07) is 0.0507. The molecule has 17 heavy (non-hydrogen) atoms. The van der Waals surface area contributed by atoms with Gasteiger partial charge in [0.1, 0.15) is 0 Å². The molecule has 4 N–H and O–H groups in total. The van der Waals surface area contributed by atoms with Gasteiger partial charge in [-0.1, -0.05) is 26.7 Å². The van der Waals surface area contributed by atoms with E-state index in [0.717, 1.165) is 12.8 Å². The third-order valence-electron chi connectivity index (χ3n) is 2.93. The molecule has 0 aliphatic rings. The Kier molecular flexibility index (Phi) is 12.1. The van der Waals surface area contributed by atoms with Crippen LogP contribution in [0.5, 0.6) is 0 Å². The van der Waals surface area contributed by atoms with E-state index in [2.05, 4.69) is 19.2 Å². The van der Waals surface area contributed by atoms with Crippen molar-refractivity contribution in [2.45, 2.75) is 58.6 Å². The van der Waals surface area contributed by atoms with E-state index in [0.29, 0.717) is 19.4 Å². The Bertz CT molecular complexity index is 197. The predicted molar refractivity (Wildman–Crippen MR) is 73.2 cm³/mol. The molecule has 0 radical (unpaired) electrons. The van der Waals surface area contributed by atoms with E-state index in [9.17, 15) is 9.90 Å². The Hall–Kier alpha value is -0.320. The summed E-state index contributed by atoms with van der Waals surface area (Å²) in [7, 11) is 0. The van der Waals surface area contributed by atoms with Crippen molar-refractivity contribution < 1.29 is 9.90 Å². The van der Waals surface area contributed by atoms with E-state index in [-0.39, 0.29) is 30.3 Å². The summed E-state index contributed by atoms with van der Waals surface area (Å²) in [4.78, 5) is 11.4. The normalized spacial score (nSPS) is 14.0. The highest BCUT2D eigenvalue weighted by atomic mass is 35.5. The van der Waals surface area contributed by atoms with Crippen molar-refractivity contribution >= 4 is 18.3 Å². The first kappa shape index (κ1) is 19.0. The number of nitrogens with two attached hydrogens (primary N) is 1. The van der Waals surface area contributed by atoms with Crippen LogP contribution in [0, 0.1) is 5.92 Å². The van der Waals surface area contributed by atoms with Gasteiger partial charge in [0.25, 0.3) is 0 Å². The van der Waals surface area contributed by atoms with E-state index in [1.807, 2.05) is 6.92 Å². The summed E-state index contributed by atoms with van der Waals surface area (Å²) < 4.78 is 0. The second-order valence-electron chi connectivity index (χ2n) is 4.46. The van der Waals surface area contributed by atoms with E-state index in [1.54, 1.807) is 0 Å². The Labute approximate surface area is 111 Å². The molecule has 2 unspecified atom stereocenters. The van der Waals surface area contributed by atoms with Gasteiger partial charge in [-0.2, -0.15) is 0 Å². The lowest BCUT2D eigenvalue weighted by Crippen LogP contribution is -2.36. The molecular weight excluding hydrogens is 240 g/mol. The van der Waals surface area contributed by atoms with E-state index < -0.39 is 6.10 Å². The monoisotopic (exact) mass is 266 g/mol. The zero-order valence-electron chi connectivity index (χ0n) is 11.1. The second kappa shape index (κ2) is 10.8. The van der Waals surface area contributed by atoms with Gasteiger partial charge in [0.15, 0.2) is 0 Å². The largest absolute Gasteiger partial charge is 0.391 e. The van der Waals surface area contributed by atoms with Gasteiger partial charge in [-0.05, 0) is 19.3 Å². The van der Waals surface area contributed by atoms with Gasteiger partial charge in [-0.15, -0.1) is 12.4 Å². The van der Waals surface area contributed by atoms with Gasteiger partial charge in [-0.3, -0.25) is 4.79 Å². The number of amides is 1. The fourth-order valence-electron chi connectivity index (χ4n) is 1.67. The number of aliphatic hydroxyl groups excluding tert-OH is 1. The molecule has 0 aliphatic carbocycles. The third kappa shape index (κ3) is 9.39. The van der Waals surface area contributed by atoms with Crippen LogP contribution in [0.2, 0.25) is 0 Å². The van der Waals surface area contributed by atoms with Crippen LogP contribution in [0.25, 0.3) is 0 Å². The quantitative estimate of drug-likeness (QED) is 0.622. The number of aliphatic hydroxyl groups is 1. The maximum absolute atomic E-state index is 11.4. The summed E-state index contributed by atoms with van der Waals surface area (Å²) in [5.74, 6) is 0.246. The maximum Gasteiger partial charge on any atom is 0.220 e. The summed E-state index contributed by atoms with van der Waals surface area (Å²) in [5, 5.41) is 12.5. The highest BCUT2D eigenvalue weighted by molar-refractivity contribution is 5.85. The van der Waals surface area contributed by atoms with Crippen molar-refractivity contribution in [3.8, 4) is 0 Å². The molecule has 0 aliphatic heterocycles. The third-order valence-corrected chi connectivity index (χ3v) is 2.93. The summed E-state index contributed by atoms with van der Waals surface area (Å²) in [6.07, 6.45) is 2.57. The van der Waals surface area contributed by atoms with Crippen molar-refractivity contribution in [1.29, 1.82) is 0 Å². The molecule has 0 heterocycles. The average Bonchev–Trinajstić information content (AvgIpc) is 2.25. The molecule has 1 amide bonds.